The minimum Gasteiger partial charge on any atom is -0.385 e. The molecule has 0 amide bonds. The lowest BCUT2D eigenvalue weighted by molar-refractivity contribution is 0.585. The van der Waals surface area contributed by atoms with Crippen molar-refractivity contribution in [2.24, 2.45) is 10.1 Å². The van der Waals surface area contributed by atoms with Gasteiger partial charge >= 0.3 is 10.2 Å². The average molecular weight is 211 g/mol. The molecule has 1 heterocycles. The van der Waals surface area contributed by atoms with E-state index in [4.69, 9.17) is 5.73 Å². The minimum atomic E-state index is -3.58. The van der Waals surface area contributed by atoms with Gasteiger partial charge in [-0.25, -0.2) is 0 Å². The second-order valence-electron chi connectivity index (χ2n) is 2.95. The van der Waals surface area contributed by atoms with Gasteiger partial charge in [0.05, 0.1) is 0 Å². The van der Waals surface area contributed by atoms with Crippen molar-refractivity contribution >= 4 is 16.0 Å². The first-order valence-corrected chi connectivity index (χ1v) is 5.45. The molecule has 0 fully saturated rings. The second-order valence-corrected chi connectivity index (χ2v) is 4.32. The van der Waals surface area contributed by atoms with Crippen molar-refractivity contribution in [3.05, 3.63) is 35.9 Å². The highest BCUT2D eigenvalue weighted by molar-refractivity contribution is 7.88. The summed E-state index contributed by atoms with van der Waals surface area (Å²) in [6.07, 6.45) is 0. The van der Waals surface area contributed by atoms with Crippen molar-refractivity contribution in [2.75, 3.05) is 0 Å². The summed E-state index contributed by atoms with van der Waals surface area (Å²) in [5, 5.41) is 0. The fourth-order valence-electron chi connectivity index (χ4n) is 1.31. The third kappa shape index (κ3) is 1.61. The Kier molecular flexibility index (Phi) is 2.01. The molecule has 1 unspecified atom stereocenters. The Labute approximate surface area is 81.8 Å². The summed E-state index contributed by atoms with van der Waals surface area (Å²) in [4.78, 5) is 0. The maximum atomic E-state index is 11.0. The Morgan fingerprint density at radius 1 is 1.29 bits per heavy atom. The van der Waals surface area contributed by atoms with Crippen LogP contribution in [-0.4, -0.2) is 14.3 Å². The number of nitrogens with two attached hydrogens (primary N) is 1. The van der Waals surface area contributed by atoms with E-state index in [1.54, 1.807) is 12.1 Å². The number of hydrogen-bond acceptors (Lipinski definition) is 3. The Morgan fingerprint density at radius 2 is 1.93 bits per heavy atom. The van der Waals surface area contributed by atoms with Crippen LogP contribution in [0.4, 0.5) is 0 Å². The molecule has 5 nitrogen and oxygen atoms in total. The lowest BCUT2D eigenvalue weighted by Crippen LogP contribution is -2.28. The molecule has 3 N–H and O–H groups in total. The molecule has 1 atom stereocenters. The van der Waals surface area contributed by atoms with Gasteiger partial charge in [-0.3, -0.25) is 0 Å². The van der Waals surface area contributed by atoms with Gasteiger partial charge in [0.1, 0.15) is 11.9 Å². The van der Waals surface area contributed by atoms with E-state index < -0.39 is 16.3 Å². The number of benzene rings is 1. The van der Waals surface area contributed by atoms with Crippen LogP contribution >= 0.6 is 0 Å². The van der Waals surface area contributed by atoms with Gasteiger partial charge in [-0.2, -0.15) is 13.1 Å². The van der Waals surface area contributed by atoms with Gasteiger partial charge < -0.3 is 5.73 Å². The highest BCUT2D eigenvalue weighted by atomic mass is 32.2. The molecule has 1 aliphatic heterocycles. The lowest BCUT2D eigenvalue weighted by Gasteiger charge is -2.08. The Morgan fingerprint density at radius 3 is 2.43 bits per heavy atom. The van der Waals surface area contributed by atoms with Crippen LogP contribution in [0.15, 0.2) is 34.7 Å². The number of nitrogens with zero attached hydrogens (tertiary/aromatic N) is 1. The molecule has 0 bridgehead atoms. The topological polar surface area (TPSA) is 84.5 Å². The monoisotopic (exact) mass is 211 g/mol. The van der Waals surface area contributed by atoms with Gasteiger partial charge in [-0.1, -0.05) is 30.3 Å². The average Bonchev–Trinajstić information content (AvgIpc) is 2.41. The fraction of sp³-hybridized carbons (Fsp3) is 0.125. The molecular weight excluding hydrogens is 202 g/mol. The maximum Gasteiger partial charge on any atom is 0.322 e. The summed E-state index contributed by atoms with van der Waals surface area (Å²) in [5.74, 6) is 0.0798. The molecule has 1 aromatic rings. The summed E-state index contributed by atoms with van der Waals surface area (Å²) < 4.78 is 27.8. The standard InChI is InChI=1S/C8H9N3O2S/c9-8-7(10-14(12,13)11-8)6-4-2-1-3-5-6/h1-5,7,10H,(H2,9,11). The van der Waals surface area contributed by atoms with E-state index in [9.17, 15) is 8.42 Å². The van der Waals surface area contributed by atoms with Gasteiger partial charge in [0.15, 0.2) is 0 Å². The fourth-order valence-corrected chi connectivity index (χ4v) is 2.30. The van der Waals surface area contributed by atoms with Crippen molar-refractivity contribution in [3.63, 3.8) is 0 Å². The van der Waals surface area contributed by atoms with Gasteiger partial charge in [0.2, 0.25) is 0 Å². The van der Waals surface area contributed by atoms with Crippen LogP contribution in [0.25, 0.3) is 0 Å². The van der Waals surface area contributed by atoms with E-state index in [2.05, 4.69) is 9.12 Å². The van der Waals surface area contributed by atoms with Crippen LogP contribution in [0.1, 0.15) is 11.6 Å². The summed E-state index contributed by atoms with van der Waals surface area (Å²) in [6.45, 7) is 0. The lowest BCUT2D eigenvalue weighted by atomic mass is 10.1. The Bertz CT molecular complexity index is 467. The van der Waals surface area contributed by atoms with Crippen molar-refractivity contribution in [3.8, 4) is 0 Å². The predicted octanol–water partition coefficient (Wildman–Crippen LogP) is -0.0671. The number of rotatable bonds is 1. The van der Waals surface area contributed by atoms with Crippen LogP contribution < -0.4 is 10.5 Å². The van der Waals surface area contributed by atoms with E-state index in [1.807, 2.05) is 18.2 Å². The molecule has 1 aromatic carbocycles. The molecule has 14 heavy (non-hydrogen) atoms. The maximum absolute atomic E-state index is 11.0. The Hall–Kier alpha value is -1.40. The minimum absolute atomic E-state index is 0.0798. The normalized spacial score (nSPS) is 24.6. The van der Waals surface area contributed by atoms with Crippen molar-refractivity contribution in [1.82, 2.24) is 4.72 Å². The summed E-state index contributed by atoms with van der Waals surface area (Å²) in [7, 11) is -3.58. The molecule has 0 saturated heterocycles. The molecule has 74 valence electrons. The predicted molar refractivity (Wildman–Crippen MR) is 52.9 cm³/mol. The zero-order valence-corrected chi connectivity index (χ0v) is 8.03. The molecule has 0 aliphatic carbocycles. The van der Waals surface area contributed by atoms with Crippen LogP contribution in [0.2, 0.25) is 0 Å². The SMILES string of the molecule is NC1=NS(=O)(=O)NC1c1ccccc1. The quantitative estimate of drug-likeness (QED) is 0.682. The zero-order chi connectivity index (χ0) is 10.2. The van der Waals surface area contributed by atoms with E-state index in [-0.39, 0.29) is 5.84 Å². The van der Waals surface area contributed by atoms with Gasteiger partial charge in [0.25, 0.3) is 0 Å². The van der Waals surface area contributed by atoms with Crippen molar-refractivity contribution in [2.45, 2.75) is 6.04 Å². The van der Waals surface area contributed by atoms with Gasteiger partial charge in [-0.05, 0) is 5.56 Å². The van der Waals surface area contributed by atoms with Gasteiger partial charge in [0, 0.05) is 0 Å². The molecule has 6 heteroatoms. The number of amidine groups is 1. The first-order chi connectivity index (χ1) is 6.58. The first-order valence-electron chi connectivity index (χ1n) is 4.01. The van der Waals surface area contributed by atoms with Crippen LogP contribution in [0.3, 0.4) is 0 Å². The highest BCUT2D eigenvalue weighted by Gasteiger charge is 2.29. The largest absolute Gasteiger partial charge is 0.385 e. The first kappa shape index (κ1) is 9.17. The van der Waals surface area contributed by atoms with Crippen LogP contribution in [0.5, 0.6) is 0 Å². The van der Waals surface area contributed by atoms with Crippen molar-refractivity contribution < 1.29 is 8.42 Å². The van der Waals surface area contributed by atoms with Crippen LogP contribution in [0, 0.1) is 0 Å². The molecule has 2 rings (SSSR count). The van der Waals surface area contributed by atoms with Crippen molar-refractivity contribution in [1.29, 1.82) is 0 Å². The third-order valence-corrected chi connectivity index (χ3v) is 2.91. The van der Waals surface area contributed by atoms with Crippen LogP contribution in [-0.2, 0) is 10.2 Å². The Balaban J connectivity index is 2.37. The highest BCUT2D eigenvalue weighted by Crippen LogP contribution is 2.19. The van der Waals surface area contributed by atoms with E-state index in [1.165, 1.54) is 0 Å². The smallest absolute Gasteiger partial charge is 0.322 e. The molecule has 0 aromatic heterocycles. The van der Waals surface area contributed by atoms with E-state index in [0.717, 1.165) is 5.56 Å². The molecule has 1 aliphatic rings. The summed E-state index contributed by atoms with van der Waals surface area (Å²) >= 11 is 0. The number of hydrogen-bond donors (Lipinski definition) is 2. The summed E-state index contributed by atoms with van der Waals surface area (Å²) in [6, 6.07) is 8.54. The molecule has 0 saturated carbocycles. The zero-order valence-electron chi connectivity index (χ0n) is 7.21. The molecule has 0 radical (unpaired) electrons. The van der Waals surface area contributed by atoms with E-state index in [0.29, 0.717) is 0 Å². The molecular formula is C8H9N3O2S. The van der Waals surface area contributed by atoms with E-state index >= 15 is 0 Å². The third-order valence-electron chi connectivity index (χ3n) is 1.92. The molecule has 0 spiro atoms. The van der Waals surface area contributed by atoms with Gasteiger partial charge in [-0.15, -0.1) is 4.40 Å². The number of nitrogens with one attached hydrogen (secondary N) is 1. The second kappa shape index (κ2) is 3.07. The summed E-state index contributed by atoms with van der Waals surface area (Å²) in [5.41, 5.74) is 6.28.